The summed E-state index contributed by atoms with van der Waals surface area (Å²) in [5, 5.41) is 11.7. The van der Waals surface area contributed by atoms with Crippen molar-refractivity contribution in [2.45, 2.75) is 24.4 Å². The summed E-state index contributed by atoms with van der Waals surface area (Å²) >= 11 is 6.30. The highest BCUT2D eigenvalue weighted by atomic mass is 35.5. The molecule has 4 aliphatic rings. The fourth-order valence-corrected chi connectivity index (χ4v) is 7.03. The summed E-state index contributed by atoms with van der Waals surface area (Å²) in [6.07, 6.45) is -0.920. The molecule has 1 fully saturated rings. The number of aliphatic hydroxyl groups is 1. The Morgan fingerprint density at radius 1 is 0.914 bits per heavy atom. The Bertz CT molecular complexity index is 1350. The maximum absolute atomic E-state index is 14.3. The van der Waals surface area contributed by atoms with Crippen molar-refractivity contribution in [2.24, 2.45) is 11.8 Å². The monoisotopic (exact) mass is 489 g/mol. The Morgan fingerprint density at radius 3 is 2.03 bits per heavy atom. The van der Waals surface area contributed by atoms with Gasteiger partial charge >= 0.3 is 0 Å². The first-order valence-corrected chi connectivity index (χ1v) is 11.9. The number of ether oxygens (including phenoxy) is 2. The van der Waals surface area contributed by atoms with E-state index >= 15 is 0 Å². The van der Waals surface area contributed by atoms with Crippen LogP contribution in [0.3, 0.4) is 0 Å². The molecule has 2 amide bonds. The number of nitrogens with zero attached hydrogens (tertiary/aromatic N) is 1. The average molecular weight is 490 g/mol. The SMILES string of the molecule is COc1cc(N2C(=O)C3C4c5ccccc5C(C(C)O)(c5ccccc54)C3C2=O)c(OC)cc1Cl. The van der Waals surface area contributed by atoms with Crippen LogP contribution in [0.5, 0.6) is 11.5 Å². The predicted octanol–water partition coefficient (Wildman–Crippen LogP) is 4.29. The first-order valence-electron chi connectivity index (χ1n) is 11.5. The molecule has 3 atom stereocenters. The minimum Gasteiger partial charge on any atom is -0.495 e. The molecule has 0 aromatic heterocycles. The quantitative estimate of drug-likeness (QED) is 0.553. The number of carbonyl (C=O) groups excluding carboxylic acids is 2. The van der Waals surface area contributed by atoms with Crippen LogP contribution in [0, 0.1) is 11.8 Å². The van der Waals surface area contributed by atoms with E-state index in [-0.39, 0.29) is 23.4 Å². The average Bonchev–Trinajstić information content (AvgIpc) is 3.14. The number of benzene rings is 3. The van der Waals surface area contributed by atoms with Crippen molar-refractivity contribution in [3.8, 4) is 11.5 Å². The van der Waals surface area contributed by atoms with Crippen LogP contribution >= 0.6 is 11.6 Å². The van der Waals surface area contributed by atoms with Crippen molar-refractivity contribution in [3.63, 3.8) is 0 Å². The summed E-state index contributed by atoms with van der Waals surface area (Å²) in [7, 11) is 2.94. The summed E-state index contributed by atoms with van der Waals surface area (Å²) in [5.74, 6) is -1.78. The fourth-order valence-electron chi connectivity index (χ4n) is 6.80. The minimum absolute atomic E-state index is 0.284. The van der Waals surface area contributed by atoms with Crippen LogP contribution in [-0.4, -0.2) is 37.2 Å². The third-order valence-corrected chi connectivity index (χ3v) is 8.33. The van der Waals surface area contributed by atoms with Gasteiger partial charge in [0.1, 0.15) is 11.5 Å². The highest BCUT2D eigenvalue weighted by molar-refractivity contribution is 6.32. The van der Waals surface area contributed by atoms with E-state index in [0.29, 0.717) is 16.5 Å². The predicted molar refractivity (Wildman–Crippen MR) is 131 cm³/mol. The second kappa shape index (κ2) is 7.57. The van der Waals surface area contributed by atoms with Crippen LogP contribution in [0.25, 0.3) is 0 Å². The highest BCUT2D eigenvalue weighted by Crippen LogP contribution is 2.65. The molecule has 0 radical (unpaired) electrons. The second-order valence-corrected chi connectivity index (χ2v) is 9.78. The molecule has 0 spiro atoms. The van der Waals surface area contributed by atoms with Crippen molar-refractivity contribution < 1.29 is 24.2 Å². The van der Waals surface area contributed by atoms with Gasteiger partial charge in [0.2, 0.25) is 11.8 Å². The van der Waals surface area contributed by atoms with Crippen molar-refractivity contribution in [1.29, 1.82) is 0 Å². The first kappa shape index (κ1) is 22.1. The third-order valence-electron chi connectivity index (χ3n) is 8.04. The molecular formula is C28H24ClNO5. The van der Waals surface area contributed by atoms with Crippen molar-refractivity contribution in [2.75, 3.05) is 19.1 Å². The normalized spacial score (nSPS) is 26.8. The van der Waals surface area contributed by atoms with Crippen LogP contribution in [0.15, 0.2) is 60.7 Å². The van der Waals surface area contributed by atoms with Crippen molar-refractivity contribution in [1.82, 2.24) is 0 Å². The Balaban J connectivity index is 1.64. The summed E-state index contributed by atoms with van der Waals surface area (Å²) < 4.78 is 10.9. The highest BCUT2D eigenvalue weighted by Gasteiger charge is 2.69. The number of imide groups is 1. The Hall–Kier alpha value is -3.35. The molecule has 2 bridgehead atoms. The van der Waals surface area contributed by atoms with E-state index < -0.39 is 23.4 Å². The molecule has 3 aromatic carbocycles. The lowest BCUT2D eigenvalue weighted by Crippen LogP contribution is -2.58. The lowest BCUT2D eigenvalue weighted by atomic mass is 9.46. The molecule has 6 nitrogen and oxygen atoms in total. The zero-order valence-corrected chi connectivity index (χ0v) is 20.2. The van der Waals surface area contributed by atoms with Crippen LogP contribution in [-0.2, 0) is 15.0 Å². The summed E-state index contributed by atoms with van der Waals surface area (Å²) in [5.41, 5.74) is 3.00. The van der Waals surface area contributed by atoms with E-state index in [2.05, 4.69) is 0 Å². The van der Waals surface area contributed by atoms with E-state index in [1.54, 1.807) is 19.1 Å². The van der Waals surface area contributed by atoms with Gasteiger partial charge in [0.25, 0.3) is 0 Å². The molecule has 3 aliphatic carbocycles. The molecule has 1 N–H and O–H groups in total. The van der Waals surface area contributed by atoms with Gasteiger partial charge in [-0.15, -0.1) is 0 Å². The lowest BCUT2D eigenvalue weighted by molar-refractivity contribution is -0.126. The van der Waals surface area contributed by atoms with E-state index in [1.165, 1.54) is 19.1 Å². The van der Waals surface area contributed by atoms with E-state index in [9.17, 15) is 14.7 Å². The molecule has 3 unspecified atom stereocenters. The van der Waals surface area contributed by atoms with Gasteiger partial charge in [0, 0.05) is 18.1 Å². The summed E-state index contributed by atoms with van der Waals surface area (Å²) in [6, 6.07) is 18.8. The standard InChI is InChI=1S/C28H24ClNO5/c1-14(31)28-17-10-6-4-8-15(17)23(16-9-5-7-11-18(16)28)24-25(28)27(33)30(26(24)32)20-13-21(34-2)19(29)12-22(20)35-3/h4-14,23-25,31H,1-3H3. The second-order valence-electron chi connectivity index (χ2n) is 9.37. The van der Waals surface area contributed by atoms with Gasteiger partial charge in [-0.3, -0.25) is 9.59 Å². The minimum atomic E-state index is -1.06. The molecule has 1 heterocycles. The van der Waals surface area contributed by atoms with Gasteiger partial charge in [-0.05, 0) is 29.2 Å². The first-order chi connectivity index (χ1) is 16.9. The van der Waals surface area contributed by atoms with Gasteiger partial charge in [0.15, 0.2) is 0 Å². The maximum atomic E-state index is 14.3. The fraction of sp³-hybridized carbons (Fsp3) is 0.286. The molecule has 1 saturated heterocycles. The van der Waals surface area contributed by atoms with Gasteiger partial charge in [-0.2, -0.15) is 0 Å². The Morgan fingerprint density at radius 2 is 1.49 bits per heavy atom. The topological polar surface area (TPSA) is 76.1 Å². The molecule has 7 rings (SSSR count). The van der Waals surface area contributed by atoms with Crippen molar-refractivity contribution >= 4 is 29.1 Å². The van der Waals surface area contributed by atoms with Crippen molar-refractivity contribution in [3.05, 3.63) is 87.9 Å². The van der Waals surface area contributed by atoms with E-state index in [0.717, 1.165) is 22.3 Å². The number of rotatable bonds is 4. The largest absolute Gasteiger partial charge is 0.495 e. The number of carbonyl (C=O) groups is 2. The molecular weight excluding hydrogens is 466 g/mol. The van der Waals surface area contributed by atoms with Gasteiger partial charge < -0.3 is 14.6 Å². The zero-order valence-electron chi connectivity index (χ0n) is 19.5. The Kier molecular flexibility index (Phi) is 4.79. The molecule has 1 aliphatic heterocycles. The van der Waals surface area contributed by atoms with E-state index in [4.69, 9.17) is 21.1 Å². The van der Waals surface area contributed by atoms with Crippen LogP contribution in [0.1, 0.15) is 35.1 Å². The number of hydrogen-bond donors (Lipinski definition) is 1. The number of methoxy groups -OCH3 is 2. The Labute approximate surface area is 208 Å². The molecule has 7 heteroatoms. The third kappa shape index (κ3) is 2.59. The zero-order chi connectivity index (χ0) is 24.6. The van der Waals surface area contributed by atoms with Gasteiger partial charge in [0.05, 0.1) is 48.3 Å². The summed E-state index contributed by atoms with van der Waals surface area (Å²) in [6.45, 7) is 1.71. The van der Waals surface area contributed by atoms with Gasteiger partial charge in [-0.25, -0.2) is 4.90 Å². The summed E-state index contributed by atoms with van der Waals surface area (Å²) in [4.78, 5) is 29.7. The number of aliphatic hydroxyl groups excluding tert-OH is 1. The number of amides is 2. The van der Waals surface area contributed by atoms with Crippen LogP contribution in [0.2, 0.25) is 5.02 Å². The molecule has 0 saturated carbocycles. The maximum Gasteiger partial charge on any atom is 0.239 e. The number of hydrogen-bond acceptors (Lipinski definition) is 5. The smallest absolute Gasteiger partial charge is 0.239 e. The number of halogens is 1. The van der Waals surface area contributed by atoms with Gasteiger partial charge in [-0.1, -0.05) is 60.1 Å². The lowest BCUT2D eigenvalue weighted by Gasteiger charge is -2.55. The molecule has 3 aromatic rings. The molecule has 178 valence electrons. The number of anilines is 1. The van der Waals surface area contributed by atoms with Crippen LogP contribution in [0.4, 0.5) is 5.69 Å². The van der Waals surface area contributed by atoms with Crippen LogP contribution < -0.4 is 14.4 Å². The van der Waals surface area contributed by atoms with E-state index in [1.807, 2.05) is 48.5 Å². The molecule has 35 heavy (non-hydrogen) atoms.